The van der Waals surface area contributed by atoms with Gasteiger partial charge in [-0.25, -0.2) is 0 Å². The van der Waals surface area contributed by atoms with E-state index in [2.05, 4.69) is 22.6 Å². The van der Waals surface area contributed by atoms with Crippen LogP contribution in [0.5, 0.6) is 0 Å². The van der Waals surface area contributed by atoms with Gasteiger partial charge in [0, 0.05) is 10.1 Å². The molecule has 2 unspecified atom stereocenters. The summed E-state index contributed by atoms with van der Waals surface area (Å²) in [7, 11) is -1.79. The van der Waals surface area contributed by atoms with Crippen LogP contribution in [0.2, 0.25) is 0 Å². The van der Waals surface area contributed by atoms with Crippen LogP contribution < -0.4 is 0 Å². The molecule has 0 aromatic heterocycles. The van der Waals surface area contributed by atoms with Crippen LogP contribution in [0.1, 0.15) is 0 Å². The predicted octanol–water partition coefficient (Wildman–Crippen LogP) is 2.31. The summed E-state index contributed by atoms with van der Waals surface area (Å²) in [6.45, 7) is 1.84. The Hall–Kier alpha value is 0.700. The highest BCUT2D eigenvalue weighted by Crippen LogP contribution is 2.49. The van der Waals surface area contributed by atoms with Gasteiger partial charge in [-0.3, -0.25) is 0 Å². The molecule has 3 heteroatoms. The lowest BCUT2D eigenvalue weighted by Gasteiger charge is -1.98. The summed E-state index contributed by atoms with van der Waals surface area (Å²) in [5.41, 5.74) is 0. The summed E-state index contributed by atoms with van der Waals surface area (Å²) in [4.78, 5) is 0. The Balaban J connectivity index is 2.73. The lowest BCUT2D eigenvalue weighted by molar-refractivity contribution is 0.586. The molecule has 1 nitrogen and oxygen atoms in total. The molecular formula is C5H8IOP. The van der Waals surface area contributed by atoms with Crippen LogP contribution >= 0.6 is 29.7 Å². The lowest BCUT2D eigenvalue weighted by atomic mass is 10.5. The number of allylic oxidation sites excluding steroid dienone is 1. The first-order valence-electron chi connectivity index (χ1n) is 2.50. The van der Waals surface area contributed by atoms with Gasteiger partial charge in [0.25, 0.3) is 0 Å². The molecule has 1 heterocycles. The van der Waals surface area contributed by atoms with Gasteiger partial charge in [-0.05, 0) is 12.5 Å². The average Bonchev–Trinajstić information content (AvgIpc) is 1.82. The maximum absolute atomic E-state index is 11.1. The van der Waals surface area contributed by atoms with Gasteiger partial charge >= 0.3 is 0 Å². The van der Waals surface area contributed by atoms with Gasteiger partial charge < -0.3 is 4.57 Å². The molecule has 0 aromatic rings. The van der Waals surface area contributed by atoms with Crippen molar-refractivity contribution >= 4 is 29.7 Å². The molecule has 1 aliphatic rings. The van der Waals surface area contributed by atoms with Gasteiger partial charge in [-0.1, -0.05) is 28.7 Å². The van der Waals surface area contributed by atoms with Crippen LogP contribution in [-0.4, -0.2) is 16.8 Å². The molecule has 0 radical (unpaired) electrons. The van der Waals surface area contributed by atoms with Crippen molar-refractivity contribution in [1.29, 1.82) is 0 Å². The van der Waals surface area contributed by atoms with Crippen LogP contribution in [0, 0.1) is 0 Å². The maximum Gasteiger partial charge on any atom is 0.106 e. The SMILES string of the molecule is CP1(=O)C=CC(I)C1. The summed E-state index contributed by atoms with van der Waals surface area (Å²) in [5, 5.41) is 0. The highest BCUT2D eigenvalue weighted by atomic mass is 127. The Morgan fingerprint density at radius 2 is 2.50 bits per heavy atom. The molecule has 46 valence electrons. The minimum absolute atomic E-state index is 0.517. The van der Waals surface area contributed by atoms with E-state index in [1.54, 1.807) is 0 Å². The number of hydrogen-bond acceptors (Lipinski definition) is 1. The Kier molecular flexibility index (Phi) is 1.83. The number of hydrogen-bond donors (Lipinski definition) is 0. The Morgan fingerprint density at radius 1 is 1.88 bits per heavy atom. The number of halogens is 1. The molecule has 0 amide bonds. The maximum atomic E-state index is 11.1. The first-order chi connectivity index (χ1) is 3.60. The normalized spacial score (nSPS) is 45.5. The molecular weight excluding hydrogens is 234 g/mol. The van der Waals surface area contributed by atoms with E-state index in [4.69, 9.17) is 0 Å². The Bertz CT molecular complexity index is 164. The second-order valence-electron chi connectivity index (χ2n) is 2.21. The third-order valence-corrected chi connectivity index (χ3v) is 4.62. The minimum Gasteiger partial charge on any atom is -0.319 e. The third kappa shape index (κ3) is 1.59. The quantitative estimate of drug-likeness (QED) is 0.362. The van der Waals surface area contributed by atoms with Gasteiger partial charge in [0.2, 0.25) is 0 Å². The first kappa shape index (κ1) is 6.81. The molecule has 0 fully saturated rings. The second-order valence-corrected chi connectivity index (χ2v) is 6.83. The Labute approximate surface area is 63.1 Å². The molecule has 0 aromatic carbocycles. The van der Waals surface area contributed by atoms with Crippen LogP contribution in [-0.2, 0) is 4.57 Å². The van der Waals surface area contributed by atoms with Crippen LogP contribution in [0.15, 0.2) is 11.9 Å². The zero-order chi connectivity index (χ0) is 6.20. The summed E-state index contributed by atoms with van der Waals surface area (Å²) in [5.74, 6) is 1.87. The highest BCUT2D eigenvalue weighted by Gasteiger charge is 2.20. The van der Waals surface area contributed by atoms with E-state index in [1.807, 2.05) is 18.6 Å². The van der Waals surface area contributed by atoms with E-state index in [0.717, 1.165) is 6.16 Å². The van der Waals surface area contributed by atoms with Crippen molar-refractivity contribution in [2.45, 2.75) is 3.92 Å². The first-order valence-corrected chi connectivity index (χ1v) is 6.15. The molecule has 0 saturated carbocycles. The van der Waals surface area contributed by atoms with Gasteiger partial charge in [0.05, 0.1) is 0 Å². The molecule has 0 bridgehead atoms. The van der Waals surface area contributed by atoms with Gasteiger partial charge in [-0.2, -0.15) is 0 Å². The minimum atomic E-state index is -1.79. The van der Waals surface area contributed by atoms with Crippen LogP contribution in [0.25, 0.3) is 0 Å². The van der Waals surface area contributed by atoms with Gasteiger partial charge in [0.1, 0.15) is 7.14 Å². The van der Waals surface area contributed by atoms with Gasteiger partial charge in [-0.15, -0.1) is 0 Å². The summed E-state index contributed by atoms with van der Waals surface area (Å²) >= 11 is 2.30. The highest BCUT2D eigenvalue weighted by molar-refractivity contribution is 14.1. The largest absolute Gasteiger partial charge is 0.319 e. The van der Waals surface area contributed by atoms with Crippen molar-refractivity contribution in [3.05, 3.63) is 11.9 Å². The smallest absolute Gasteiger partial charge is 0.106 e. The van der Waals surface area contributed by atoms with E-state index < -0.39 is 7.14 Å². The molecule has 1 rings (SSSR count). The van der Waals surface area contributed by atoms with E-state index in [-0.39, 0.29) is 0 Å². The fourth-order valence-corrected chi connectivity index (χ4v) is 5.13. The van der Waals surface area contributed by atoms with Crippen LogP contribution in [0.4, 0.5) is 0 Å². The molecule has 0 N–H and O–H groups in total. The van der Waals surface area contributed by atoms with Gasteiger partial charge in [0.15, 0.2) is 0 Å². The van der Waals surface area contributed by atoms with Crippen molar-refractivity contribution in [3.63, 3.8) is 0 Å². The molecule has 2 atom stereocenters. The second kappa shape index (κ2) is 2.14. The fourth-order valence-electron chi connectivity index (χ4n) is 0.743. The van der Waals surface area contributed by atoms with Crippen molar-refractivity contribution in [2.75, 3.05) is 12.8 Å². The summed E-state index contributed by atoms with van der Waals surface area (Å²) in [6, 6.07) is 0. The van der Waals surface area contributed by atoms with Crippen molar-refractivity contribution < 1.29 is 4.57 Å². The number of rotatable bonds is 0. The van der Waals surface area contributed by atoms with Crippen molar-refractivity contribution in [3.8, 4) is 0 Å². The molecule has 0 spiro atoms. The molecule has 1 aliphatic heterocycles. The predicted molar refractivity (Wildman–Crippen MR) is 45.3 cm³/mol. The third-order valence-electron chi connectivity index (χ3n) is 1.15. The van der Waals surface area contributed by atoms with E-state index in [9.17, 15) is 4.57 Å². The van der Waals surface area contributed by atoms with Crippen molar-refractivity contribution in [2.24, 2.45) is 0 Å². The lowest BCUT2D eigenvalue weighted by Crippen LogP contribution is -1.91. The van der Waals surface area contributed by atoms with E-state index in [1.165, 1.54) is 0 Å². The zero-order valence-corrected chi connectivity index (χ0v) is 7.72. The topological polar surface area (TPSA) is 17.1 Å². The Morgan fingerprint density at radius 3 is 2.62 bits per heavy atom. The summed E-state index contributed by atoms with van der Waals surface area (Å²) in [6.07, 6.45) is 2.90. The van der Waals surface area contributed by atoms with Crippen LogP contribution in [0.3, 0.4) is 0 Å². The molecule has 0 aliphatic carbocycles. The van der Waals surface area contributed by atoms with E-state index in [0.29, 0.717) is 3.92 Å². The number of alkyl halides is 1. The zero-order valence-electron chi connectivity index (χ0n) is 4.67. The average molecular weight is 242 g/mol. The molecule has 8 heavy (non-hydrogen) atoms. The molecule has 0 saturated heterocycles. The monoisotopic (exact) mass is 242 g/mol. The standard InChI is InChI=1S/C5H8IOP/c1-8(7)3-2-5(6)4-8/h2-3,5H,4H2,1H3. The summed E-state index contributed by atoms with van der Waals surface area (Å²) < 4.78 is 11.6. The van der Waals surface area contributed by atoms with Crippen molar-refractivity contribution in [1.82, 2.24) is 0 Å². The fraction of sp³-hybridized carbons (Fsp3) is 0.600. The van der Waals surface area contributed by atoms with E-state index >= 15 is 0 Å².